The summed E-state index contributed by atoms with van der Waals surface area (Å²) in [5.41, 5.74) is 0.929. The number of halogens is 1. The molecule has 0 bridgehead atoms. The van der Waals surface area contributed by atoms with E-state index in [0.29, 0.717) is 17.9 Å². The Bertz CT molecular complexity index is 769. The van der Waals surface area contributed by atoms with Gasteiger partial charge in [-0.2, -0.15) is 0 Å². The molecule has 0 radical (unpaired) electrons. The van der Waals surface area contributed by atoms with E-state index < -0.39 is 5.97 Å². The Kier molecular flexibility index (Phi) is 4.57. The van der Waals surface area contributed by atoms with Crippen LogP contribution in [0.25, 0.3) is 6.08 Å². The lowest BCUT2D eigenvalue weighted by Crippen LogP contribution is -2.37. The zero-order valence-corrected chi connectivity index (χ0v) is 15.7. The van der Waals surface area contributed by atoms with Gasteiger partial charge in [-0.05, 0) is 65.2 Å². The number of hydrogen-bond acceptors (Lipinski definition) is 4. The molecule has 3 saturated carbocycles. The van der Waals surface area contributed by atoms with Crippen LogP contribution < -0.4 is 0 Å². The molecule has 0 aromatic heterocycles. The number of carbonyl (C=O) groups excluding carboxylic acids is 2. The molecule has 5 heteroatoms. The van der Waals surface area contributed by atoms with Gasteiger partial charge < -0.3 is 9.47 Å². The van der Waals surface area contributed by atoms with E-state index in [0.717, 1.165) is 23.7 Å². The van der Waals surface area contributed by atoms with Gasteiger partial charge in [-0.3, -0.25) is 4.79 Å². The van der Waals surface area contributed by atoms with E-state index in [2.05, 4.69) is 13.8 Å². The SMILES string of the molecule is CC1C(C)C2C3C1CC23CC(=O)OCCOC(=O)/C=C/c1ccc(F)cc1. The second-order valence-corrected chi connectivity index (χ2v) is 8.32. The molecule has 3 aliphatic carbocycles. The van der Waals surface area contributed by atoms with Gasteiger partial charge >= 0.3 is 11.9 Å². The number of benzene rings is 1. The molecule has 0 N–H and O–H groups in total. The molecule has 4 nitrogen and oxygen atoms in total. The second-order valence-electron chi connectivity index (χ2n) is 8.32. The summed E-state index contributed by atoms with van der Waals surface area (Å²) in [5.74, 6) is 2.74. The maximum absolute atomic E-state index is 12.8. The summed E-state index contributed by atoms with van der Waals surface area (Å²) in [6.45, 7) is 4.76. The third-order valence-electron chi connectivity index (χ3n) is 7.10. The summed E-state index contributed by atoms with van der Waals surface area (Å²) in [7, 11) is 0. The van der Waals surface area contributed by atoms with Crippen LogP contribution in [0.3, 0.4) is 0 Å². The average Bonchev–Trinajstić information content (AvgIpc) is 3.05. The van der Waals surface area contributed by atoms with Crippen LogP contribution in [0.15, 0.2) is 30.3 Å². The molecule has 0 aliphatic heterocycles. The van der Waals surface area contributed by atoms with Crippen molar-refractivity contribution in [1.29, 1.82) is 0 Å². The molecule has 3 fully saturated rings. The second kappa shape index (κ2) is 6.77. The quantitative estimate of drug-likeness (QED) is 0.414. The predicted molar refractivity (Wildman–Crippen MR) is 97.8 cm³/mol. The van der Waals surface area contributed by atoms with E-state index in [1.807, 2.05) is 0 Å². The van der Waals surface area contributed by atoms with E-state index in [1.165, 1.54) is 24.6 Å². The summed E-state index contributed by atoms with van der Waals surface area (Å²) in [6.07, 6.45) is 4.50. The van der Waals surface area contributed by atoms with Crippen molar-refractivity contribution in [3.05, 3.63) is 41.7 Å². The molecule has 0 saturated heterocycles. The monoisotopic (exact) mass is 372 g/mol. The number of esters is 2. The Balaban J connectivity index is 1.13. The van der Waals surface area contributed by atoms with Crippen LogP contribution >= 0.6 is 0 Å². The van der Waals surface area contributed by atoms with Crippen molar-refractivity contribution < 1.29 is 23.5 Å². The van der Waals surface area contributed by atoms with Crippen LogP contribution in [-0.4, -0.2) is 25.2 Å². The fourth-order valence-corrected chi connectivity index (χ4v) is 5.72. The maximum atomic E-state index is 12.8. The Hall–Kier alpha value is -2.17. The molecular weight excluding hydrogens is 347 g/mol. The van der Waals surface area contributed by atoms with Crippen LogP contribution in [0.2, 0.25) is 0 Å². The van der Waals surface area contributed by atoms with Gasteiger partial charge in [-0.15, -0.1) is 0 Å². The summed E-state index contributed by atoms with van der Waals surface area (Å²) in [5, 5.41) is 0. The normalized spacial score (nSPS) is 35.4. The van der Waals surface area contributed by atoms with Gasteiger partial charge in [0, 0.05) is 6.08 Å². The first-order valence-electron chi connectivity index (χ1n) is 9.68. The van der Waals surface area contributed by atoms with E-state index >= 15 is 0 Å². The molecule has 6 atom stereocenters. The number of carbonyl (C=O) groups is 2. The fourth-order valence-electron chi connectivity index (χ4n) is 5.72. The molecule has 0 heterocycles. The van der Waals surface area contributed by atoms with Crippen molar-refractivity contribution in [2.75, 3.05) is 13.2 Å². The van der Waals surface area contributed by atoms with Gasteiger partial charge in [0.1, 0.15) is 19.0 Å². The molecule has 1 aromatic carbocycles. The van der Waals surface area contributed by atoms with E-state index in [-0.39, 0.29) is 30.4 Å². The molecule has 4 rings (SSSR count). The van der Waals surface area contributed by atoms with Gasteiger partial charge in [-0.1, -0.05) is 26.0 Å². The highest BCUT2D eigenvalue weighted by Gasteiger charge is 2.81. The molecule has 27 heavy (non-hydrogen) atoms. The summed E-state index contributed by atoms with van der Waals surface area (Å²) in [4.78, 5) is 23.8. The molecular formula is C22H25FO4. The van der Waals surface area contributed by atoms with Crippen molar-refractivity contribution in [3.63, 3.8) is 0 Å². The van der Waals surface area contributed by atoms with Crippen LogP contribution in [0.5, 0.6) is 0 Å². The van der Waals surface area contributed by atoms with Gasteiger partial charge in [-0.25, -0.2) is 9.18 Å². The summed E-state index contributed by atoms with van der Waals surface area (Å²) >= 11 is 0. The number of ether oxygens (including phenoxy) is 2. The minimum atomic E-state index is -0.518. The molecule has 3 aliphatic rings. The average molecular weight is 372 g/mol. The Morgan fingerprint density at radius 3 is 2.48 bits per heavy atom. The highest BCUT2D eigenvalue weighted by Crippen LogP contribution is 2.85. The third-order valence-corrected chi connectivity index (χ3v) is 7.10. The third kappa shape index (κ3) is 3.17. The first-order chi connectivity index (χ1) is 12.9. The van der Waals surface area contributed by atoms with Crippen LogP contribution in [0, 0.1) is 40.8 Å². The lowest BCUT2D eigenvalue weighted by molar-refractivity contribution is -0.152. The number of hydrogen-bond donors (Lipinski definition) is 0. The zero-order chi connectivity index (χ0) is 19.2. The summed E-state index contributed by atoms with van der Waals surface area (Å²) in [6, 6.07) is 5.79. The van der Waals surface area contributed by atoms with Crippen molar-refractivity contribution in [2.24, 2.45) is 35.0 Å². The Labute approximate surface area is 158 Å². The van der Waals surface area contributed by atoms with Gasteiger partial charge in [0.2, 0.25) is 0 Å². The molecule has 1 aromatic rings. The van der Waals surface area contributed by atoms with E-state index in [1.54, 1.807) is 18.2 Å². The number of fused-ring (bicyclic) bond motifs is 1. The topological polar surface area (TPSA) is 52.6 Å². The van der Waals surface area contributed by atoms with Crippen LogP contribution in [-0.2, 0) is 19.1 Å². The standard InChI is InChI=1S/C22H25FO4/c1-13-14(2)20-21-17(13)11-22(20,21)12-19(25)27-10-9-26-18(24)8-5-15-3-6-16(23)7-4-15/h3-8,13-14,17,20-21H,9-12H2,1-2H3/b8-5+. The molecule has 144 valence electrons. The molecule has 0 amide bonds. The van der Waals surface area contributed by atoms with E-state index in [4.69, 9.17) is 9.47 Å². The van der Waals surface area contributed by atoms with Gasteiger partial charge in [0.05, 0.1) is 6.42 Å². The van der Waals surface area contributed by atoms with Crippen molar-refractivity contribution >= 4 is 18.0 Å². The van der Waals surface area contributed by atoms with Gasteiger partial charge in [0.15, 0.2) is 0 Å². The Morgan fingerprint density at radius 2 is 1.81 bits per heavy atom. The highest BCUT2D eigenvalue weighted by atomic mass is 19.1. The first-order valence-corrected chi connectivity index (χ1v) is 9.68. The first kappa shape index (κ1) is 18.2. The lowest BCUT2D eigenvalue weighted by atomic mass is 9.63. The predicted octanol–water partition coefficient (Wildman–Crippen LogP) is 3.85. The lowest BCUT2D eigenvalue weighted by Gasteiger charge is -2.42. The highest BCUT2D eigenvalue weighted by molar-refractivity contribution is 5.87. The number of rotatable bonds is 7. The summed E-state index contributed by atoms with van der Waals surface area (Å²) < 4.78 is 23.1. The molecule has 0 spiro atoms. The smallest absolute Gasteiger partial charge is 0.330 e. The van der Waals surface area contributed by atoms with Crippen molar-refractivity contribution in [2.45, 2.75) is 26.7 Å². The maximum Gasteiger partial charge on any atom is 0.330 e. The van der Waals surface area contributed by atoms with Crippen molar-refractivity contribution in [3.8, 4) is 0 Å². The zero-order valence-electron chi connectivity index (χ0n) is 15.7. The largest absolute Gasteiger partial charge is 0.462 e. The minimum absolute atomic E-state index is 0.0360. The minimum Gasteiger partial charge on any atom is -0.462 e. The van der Waals surface area contributed by atoms with Gasteiger partial charge in [0.25, 0.3) is 0 Å². The fraction of sp³-hybridized carbons (Fsp3) is 0.545. The molecule has 6 unspecified atom stereocenters. The van der Waals surface area contributed by atoms with Crippen molar-refractivity contribution in [1.82, 2.24) is 0 Å². The Morgan fingerprint density at radius 1 is 1.11 bits per heavy atom. The van der Waals surface area contributed by atoms with Crippen LogP contribution in [0.1, 0.15) is 32.3 Å². The van der Waals surface area contributed by atoms with Crippen LogP contribution in [0.4, 0.5) is 4.39 Å². The van der Waals surface area contributed by atoms with E-state index in [9.17, 15) is 14.0 Å².